The molecule has 0 aromatic heterocycles. The first-order valence-electron chi connectivity index (χ1n) is 6.70. The van der Waals surface area contributed by atoms with Gasteiger partial charge in [-0.3, -0.25) is 4.79 Å². The highest BCUT2D eigenvalue weighted by Gasteiger charge is 2.05. The molecular formula is C13H28N2O. The van der Waals surface area contributed by atoms with Crippen molar-refractivity contribution in [1.29, 1.82) is 0 Å². The van der Waals surface area contributed by atoms with Crippen molar-refractivity contribution in [2.24, 2.45) is 11.5 Å². The van der Waals surface area contributed by atoms with Crippen molar-refractivity contribution in [3.63, 3.8) is 0 Å². The van der Waals surface area contributed by atoms with E-state index in [4.69, 9.17) is 11.5 Å². The third-order valence-electron chi connectivity index (χ3n) is 2.89. The second-order valence-electron chi connectivity index (χ2n) is 4.69. The van der Waals surface area contributed by atoms with E-state index in [9.17, 15) is 4.79 Å². The molecule has 1 unspecified atom stereocenters. The zero-order valence-electron chi connectivity index (χ0n) is 10.7. The van der Waals surface area contributed by atoms with Crippen LogP contribution in [-0.4, -0.2) is 11.9 Å². The Morgan fingerprint density at radius 3 is 2.00 bits per heavy atom. The average molecular weight is 228 g/mol. The van der Waals surface area contributed by atoms with Crippen LogP contribution in [0.3, 0.4) is 0 Å². The second kappa shape index (κ2) is 10.9. The molecule has 0 bridgehead atoms. The summed E-state index contributed by atoms with van der Waals surface area (Å²) in [7, 11) is 0. The zero-order valence-corrected chi connectivity index (χ0v) is 10.7. The quantitative estimate of drug-likeness (QED) is 0.534. The molecule has 1 amide bonds. The Kier molecular flexibility index (Phi) is 10.5. The molecule has 0 aliphatic carbocycles. The van der Waals surface area contributed by atoms with Gasteiger partial charge >= 0.3 is 0 Å². The summed E-state index contributed by atoms with van der Waals surface area (Å²) in [5.41, 5.74) is 10.8. The van der Waals surface area contributed by atoms with Gasteiger partial charge in [0, 0.05) is 12.5 Å². The lowest BCUT2D eigenvalue weighted by atomic mass is 10.0. The number of rotatable bonds is 11. The third kappa shape index (κ3) is 11.5. The summed E-state index contributed by atoms with van der Waals surface area (Å²) in [4.78, 5) is 10.6. The molecule has 0 aromatic rings. The molecule has 16 heavy (non-hydrogen) atoms. The standard InChI is InChI=1S/C13H28N2O/c1-2-3-4-5-6-7-8-9-10-12(14)11-13(15)16/h12H,2-11,14H2,1H3,(H2,15,16). The summed E-state index contributed by atoms with van der Waals surface area (Å²) in [6.45, 7) is 2.24. The van der Waals surface area contributed by atoms with Crippen molar-refractivity contribution in [3.05, 3.63) is 0 Å². The largest absolute Gasteiger partial charge is 0.370 e. The van der Waals surface area contributed by atoms with E-state index < -0.39 is 0 Å². The smallest absolute Gasteiger partial charge is 0.218 e. The molecule has 0 fully saturated rings. The molecule has 0 heterocycles. The predicted molar refractivity (Wildman–Crippen MR) is 69.0 cm³/mol. The molecule has 96 valence electrons. The van der Waals surface area contributed by atoms with E-state index in [0.29, 0.717) is 6.42 Å². The minimum Gasteiger partial charge on any atom is -0.370 e. The van der Waals surface area contributed by atoms with E-state index in [1.807, 2.05) is 0 Å². The van der Waals surface area contributed by atoms with Gasteiger partial charge in [0.2, 0.25) is 5.91 Å². The number of carbonyl (C=O) groups is 1. The van der Waals surface area contributed by atoms with Crippen LogP contribution < -0.4 is 11.5 Å². The number of amides is 1. The normalized spacial score (nSPS) is 12.6. The van der Waals surface area contributed by atoms with E-state index in [0.717, 1.165) is 12.8 Å². The van der Waals surface area contributed by atoms with E-state index in [-0.39, 0.29) is 11.9 Å². The lowest BCUT2D eigenvalue weighted by Crippen LogP contribution is -2.27. The molecule has 3 heteroatoms. The topological polar surface area (TPSA) is 69.1 Å². The maximum absolute atomic E-state index is 10.6. The zero-order chi connectivity index (χ0) is 12.2. The summed E-state index contributed by atoms with van der Waals surface area (Å²) in [6, 6.07) is -0.0300. The number of hydrogen-bond donors (Lipinski definition) is 2. The average Bonchev–Trinajstić information content (AvgIpc) is 2.21. The van der Waals surface area contributed by atoms with Crippen LogP contribution in [0.5, 0.6) is 0 Å². The van der Waals surface area contributed by atoms with Crippen LogP contribution in [0.2, 0.25) is 0 Å². The Hall–Kier alpha value is -0.570. The molecular weight excluding hydrogens is 200 g/mol. The van der Waals surface area contributed by atoms with Gasteiger partial charge in [0.05, 0.1) is 0 Å². The molecule has 0 aliphatic rings. The van der Waals surface area contributed by atoms with Crippen molar-refractivity contribution in [2.45, 2.75) is 77.2 Å². The molecule has 0 aliphatic heterocycles. The molecule has 0 radical (unpaired) electrons. The molecule has 4 N–H and O–H groups in total. The number of carbonyl (C=O) groups excluding carboxylic acids is 1. The maximum Gasteiger partial charge on any atom is 0.218 e. The fourth-order valence-electron chi connectivity index (χ4n) is 1.90. The molecule has 3 nitrogen and oxygen atoms in total. The van der Waals surface area contributed by atoms with Crippen molar-refractivity contribution in [1.82, 2.24) is 0 Å². The van der Waals surface area contributed by atoms with Crippen LogP contribution in [-0.2, 0) is 4.79 Å². The number of hydrogen-bond acceptors (Lipinski definition) is 2. The van der Waals surface area contributed by atoms with Crippen LogP contribution in [0.15, 0.2) is 0 Å². The van der Waals surface area contributed by atoms with E-state index in [1.54, 1.807) is 0 Å². The Morgan fingerprint density at radius 1 is 1.00 bits per heavy atom. The Labute approximate surface area is 100.0 Å². The van der Waals surface area contributed by atoms with Gasteiger partial charge in [-0.25, -0.2) is 0 Å². The molecule has 0 aromatic carbocycles. The van der Waals surface area contributed by atoms with Crippen LogP contribution in [0.1, 0.15) is 71.1 Å². The summed E-state index contributed by atoms with van der Waals surface area (Å²) in [5, 5.41) is 0. The second-order valence-corrected chi connectivity index (χ2v) is 4.69. The molecule has 0 spiro atoms. The first-order valence-corrected chi connectivity index (χ1v) is 6.70. The van der Waals surface area contributed by atoms with E-state index in [1.165, 1.54) is 44.9 Å². The summed E-state index contributed by atoms with van der Waals surface area (Å²) in [5.74, 6) is -0.285. The van der Waals surface area contributed by atoms with Gasteiger partial charge in [-0.15, -0.1) is 0 Å². The van der Waals surface area contributed by atoms with Gasteiger partial charge in [0.25, 0.3) is 0 Å². The van der Waals surface area contributed by atoms with Crippen LogP contribution in [0.4, 0.5) is 0 Å². The van der Waals surface area contributed by atoms with Crippen LogP contribution in [0.25, 0.3) is 0 Å². The van der Waals surface area contributed by atoms with Gasteiger partial charge in [-0.1, -0.05) is 58.3 Å². The molecule has 0 saturated carbocycles. The first kappa shape index (κ1) is 15.4. The minimum absolute atomic E-state index is 0.0300. The van der Waals surface area contributed by atoms with Gasteiger partial charge in [0.1, 0.15) is 0 Å². The van der Waals surface area contributed by atoms with Gasteiger partial charge in [-0.05, 0) is 6.42 Å². The maximum atomic E-state index is 10.6. The lowest BCUT2D eigenvalue weighted by Gasteiger charge is -2.08. The number of nitrogens with two attached hydrogens (primary N) is 2. The fourth-order valence-corrected chi connectivity index (χ4v) is 1.90. The van der Waals surface area contributed by atoms with Crippen molar-refractivity contribution < 1.29 is 4.79 Å². The summed E-state index contributed by atoms with van der Waals surface area (Å²) in [6.07, 6.45) is 11.7. The van der Waals surface area contributed by atoms with Crippen LogP contribution >= 0.6 is 0 Å². The third-order valence-corrected chi connectivity index (χ3v) is 2.89. The molecule has 0 rings (SSSR count). The van der Waals surface area contributed by atoms with E-state index in [2.05, 4.69) is 6.92 Å². The van der Waals surface area contributed by atoms with Gasteiger partial charge in [0.15, 0.2) is 0 Å². The first-order chi connectivity index (χ1) is 7.66. The van der Waals surface area contributed by atoms with Gasteiger partial charge < -0.3 is 11.5 Å². The predicted octanol–water partition coefficient (Wildman–Crippen LogP) is 2.72. The highest BCUT2D eigenvalue weighted by molar-refractivity contribution is 5.74. The van der Waals surface area contributed by atoms with Crippen molar-refractivity contribution in [3.8, 4) is 0 Å². The van der Waals surface area contributed by atoms with Crippen molar-refractivity contribution >= 4 is 5.91 Å². The monoisotopic (exact) mass is 228 g/mol. The number of primary amides is 1. The highest BCUT2D eigenvalue weighted by atomic mass is 16.1. The number of unbranched alkanes of at least 4 members (excludes halogenated alkanes) is 7. The summed E-state index contributed by atoms with van der Waals surface area (Å²) < 4.78 is 0. The SMILES string of the molecule is CCCCCCCCCCC(N)CC(N)=O. The van der Waals surface area contributed by atoms with Gasteiger partial charge in [-0.2, -0.15) is 0 Å². The Balaban J connectivity index is 3.11. The van der Waals surface area contributed by atoms with E-state index >= 15 is 0 Å². The highest BCUT2D eigenvalue weighted by Crippen LogP contribution is 2.10. The fraction of sp³-hybridized carbons (Fsp3) is 0.923. The molecule has 1 atom stereocenters. The minimum atomic E-state index is -0.285. The van der Waals surface area contributed by atoms with Crippen LogP contribution in [0, 0.1) is 0 Å². The lowest BCUT2D eigenvalue weighted by molar-refractivity contribution is -0.118. The van der Waals surface area contributed by atoms with Crippen molar-refractivity contribution in [2.75, 3.05) is 0 Å². The summed E-state index contributed by atoms with van der Waals surface area (Å²) >= 11 is 0. The Bertz CT molecular complexity index is 171. The Morgan fingerprint density at radius 2 is 1.50 bits per heavy atom. The molecule has 0 saturated heterocycles.